The Balaban J connectivity index is 2.11. The summed E-state index contributed by atoms with van der Waals surface area (Å²) in [6.07, 6.45) is 8.97. The summed E-state index contributed by atoms with van der Waals surface area (Å²) in [6, 6.07) is 8.63. The molecule has 0 saturated carbocycles. The van der Waals surface area contributed by atoms with Crippen LogP contribution in [0, 0.1) is 0 Å². The molecule has 1 aliphatic rings. The van der Waals surface area contributed by atoms with Gasteiger partial charge in [0.15, 0.2) is 6.10 Å². The maximum absolute atomic E-state index is 13.0. The Morgan fingerprint density at radius 2 is 1.77 bits per heavy atom. The van der Waals surface area contributed by atoms with Crippen LogP contribution in [0.5, 0.6) is 0 Å². The molecule has 0 aliphatic carbocycles. The van der Waals surface area contributed by atoms with Gasteiger partial charge in [0, 0.05) is 18.9 Å². The first-order valence-electron chi connectivity index (χ1n) is 10.0. The van der Waals surface area contributed by atoms with Gasteiger partial charge in [-0.15, -0.1) is 0 Å². The summed E-state index contributed by atoms with van der Waals surface area (Å²) in [5.74, 6) is -1.58. The number of amides is 1. The van der Waals surface area contributed by atoms with E-state index in [4.69, 9.17) is 9.47 Å². The second-order valence-electron chi connectivity index (χ2n) is 7.49. The summed E-state index contributed by atoms with van der Waals surface area (Å²) >= 11 is 0. The molecule has 1 fully saturated rings. The predicted octanol–water partition coefficient (Wildman–Crippen LogP) is 2.84. The van der Waals surface area contributed by atoms with E-state index in [0.717, 1.165) is 5.56 Å². The number of methoxy groups -OCH3 is 1. The molecular formula is C24H29NO6. The fourth-order valence-electron chi connectivity index (χ4n) is 2.90. The molecule has 166 valence electrons. The number of nitrogens with one attached hydrogen (secondary N) is 1. The van der Waals surface area contributed by atoms with Gasteiger partial charge in [-0.1, -0.05) is 61.6 Å². The number of carbonyl (C=O) groups is 3. The Morgan fingerprint density at radius 1 is 1.13 bits per heavy atom. The highest BCUT2D eigenvalue weighted by Gasteiger charge is 2.49. The van der Waals surface area contributed by atoms with E-state index in [-0.39, 0.29) is 11.8 Å². The van der Waals surface area contributed by atoms with Gasteiger partial charge in [-0.25, -0.2) is 9.59 Å². The number of hydrogen-bond donors (Lipinski definition) is 1. The molecule has 7 heteroatoms. The van der Waals surface area contributed by atoms with Crippen molar-refractivity contribution in [1.82, 2.24) is 5.32 Å². The number of rotatable bonds is 10. The third kappa shape index (κ3) is 7.53. The number of epoxide rings is 1. The molecule has 2 rings (SSSR count). The maximum atomic E-state index is 13.0. The minimum Gasteiger partial charge on any atom is -0.466 e. The highest BCUT2D eigenvalue weighted by molar-refractivity contribution is 5.84. The van der Waals surface area contributed by atoms with Gasteiger partial charge < -0.3 is 19.5 Å². The average Bonchev–Trinajstić information content (AvgIpc) is 3.51. The first kappa shape index (κ1) is 24.1. The molecule has 1 N–H and O–H groups in total. The molecule has 0 spiro atoms. The van der Waals surface area contributed by atoms with Crippen LogP contribution < -0.4 is 5.32 Å². The SMILES string of the molecule is COC(=O)/C=C/C=C\C=C\[C@@H](OC(=O)[C@@H](NC(C)=O)C(C)c1ccccc1)[C@]1(C)CO1. The van der Waals surface area contributed by atoms with E-state index in [1.807, 2.05) is 44.2 Å². The van der Waals surface area contributed by atoms with Crippen LogP contribution in [0.25, 0.3) is 0 Å². The van der Waals surface area contributed by atoms with Crippen LogP contribution in [0.1, 0.15) is 32.3 Å². The lowest BCUT2D eigenvalue weighted by molar-refractivity contribution is -0.154. The first-order chi connectivity index (χ1) is 14.8. The van der Waals surface area contributed by atoms with Crippen LogP contribution in [-0.2, 0) is 28.6 Å². The van der Waals surface area contributed by atoms with Crippen molar-refractivity contribution >= 4 is 17.8 Å². The summed E-state index contributed by atoms with van der Waals surface area (Å²) in [7, 11) is 1.30. The average molecular weight is 427 g/mol. The second-order valence-corrected chi connectivity index (χ2v) is 7.49. The Labute approximate surface area is 182 Å². The Kier molecular flexibility index (Phi) is 8.75. The standard InChI is InChI=1S/C24H29NO6/c1-17(19-12-8-7-9-13-19)22(25-18(2)26)23(28)31-20(24(3)16-30-24)14-10-5-6-11-15-21(27)29-4/h5-15,17,20,22H,16H2,1-4H3,(H,25,26)/b6-5-,14-10+,15-11+/t17?,20-,22+,24+/m1/s1. The van der Waals surface area contributed by atoms with E-state index in [0.29, 0.717) is 6.61 Å². The van der Waals surface area contributed by atoms with Crippen LogP contribution in [0.2, 0.25) is 0 Å². The molecule has 4 atom stereocenters. The number of hydrogen-bond acceptors (Lipinski definition) is 6. The monoisotopic (exact) mass is 427 g/mol. The van der Waals surface area contributed by atoms with Crippen LogP contribution in [0.15, 0.2) is 66.8 Å². The van der Waals surface area contributed by atoms with Gasteiger partial charge >= 0.3 is 11.9 Å². The van der Waals surface area contributed by atoms with Crippen molar-refractivity contribution in [3.05, 3.63) is 72.4 Å². The first-order valence-corrected chi connectivity index (χ1v) is 10.0. The molecule has 0 aromatic heterocycles. The van der Waals surface area contributed by atoms with Crippen molar-refractivity contribution in [2.45, 2.75) is 44.4 Å². The molecule has 1 saturated heterocycles. The van der Waals surface area contributed by atoms with Crippen molar-refractivity contribution in [1.29, 1.82) is 0 Å². The van der Waals surface area contributed by atoms with Crippen molar-refractivity contribution in [3.63, 3.8) is 0 Å². The largest absolute Gasteiger partial charge is 0.466 e. The third-order valence-corrected chi connectivity index (χ3v) is 4.94. The van der Waals surface area contributed by atoms with Gasteiger partial charge in [0.2, 0.25) is 5.91 Å². The van der Waals surface area contributed by atoms with Crippen LogP contribution in [0.4, 0.5) is 0 Å². The summed E-state index contributed by atoms with van der Waals surface area (Å²) in [5.41, 5.74) is 0.304. The molecule has 1 unspecified atom stereocenters. The summed E-state index contributed by atoms with van der Waals surface area (Å²) in [6.45, 7) is 5.55. The van der Waals surface area contributed by atoms with Gasteiger partial charge in [-0.3, -0.25) is 4.79 Å². The fraction of sp³-hybridized carbons (Fsp3) is 0.375. The van der Waals surface area contributed by atoms with Gasteiger partial charge in [-0.05, 0) is 18.6 Å². The normalized spacial score (nSPS) is 21.0. The van der Waals surface area contributed by atoms with E-state index < -0.39 is 29.7 Å². The quantitative estimate of drug-likeness (QED) is 0.267. The number of ether oxygens (including phenoxy) is 3. The van der Waals surface area contributed by atoms with Crippen molar-refractivity contribution in [2.24, 2.45) is 0 Å². The van der Waals surface area contributed by atoms with Crippen molar-refractivity contribution in [2.75, 3.05) is 13.7 Å². The zero-order valence-corrected chi connectivity index (χ0v) is 18.2. The number of allylic oxidation sites excluding steroid dienone is 4. The molecule has 0 bridgehead atoms. The van der Waals surface area contributed by atoms with Crippen LogP contribution >= 0.6 is 0 Å². The van der Waals surface area contributed by atoms with E-state index in [1.165, 1.54) is 20.1 Å². The number of esters is 2. The van der Waals surface area contributed by atoms with Crippen molar-refractivity contribution in [3.8, 4) is 0 Å². The predicted molar refractivity (Wildman–Crippen MR) is 116 cm³/mol. The Hall–Kier alpha value is -3.19. The zero-order chi connectivity index (χ0) is 22.9. The third-order valence-electron chi connectivity index (χ3n) is 4.94. The van der Waals surface area contributed by atoms with Crippen LogP contribution in [0.3, 0.4) is 0 Å². The highest BCUT2D eigenvalue weighted by Crippen LogP contribution is 2.33. The summed E-state index contributed by atoms with van der Waals surface area (Å²) in [4.78, 5) is 35.8. The van der Waals surface area contributed by atoms with E-state index in [1.54, 1.807) is 30.4 Å². The van der Waals surface area contributed by atoms with E-state index >= 15 is 0 Å². The minimum absolute atomic E-state index is 0.279. The second kappa shape index (κ2) is 11.3. The van der Waals surface area contributed by atoms with Crippen molar-refractivity contribution < 1.29 is 28.6 Å². The molecule has 1 heterocycles. The van der Waals surface area contributed by atoms with E-state index in [2.05, 4.69) is 10.1 Å². The zero-order valence-electron chi connectivity index (χ0n) is 18.2. The lowest BCUT2D eigenvalue weighted by Crippen LogP contribution is -2.46. The lowest BCUT2D eigenvalue weighted by Gasteiger charge is -2.26. The smallest absolute Gasteiger partial charge is 0.330 e. The summed E-state index contributed by atoms with van der Waals surface area (Å²) < 4.78 is 15.7. The summed E-state index contributed by atoms with van der Waals surface area (Å²) in [5, 5.41) is 2.71. The molecule has 1 amide bonds. The van der Waals surface area contributed by atoms with Crippen LogP contribution in [-0.4, -0.2) is 49.3 Å². The molecule has 1 aromatic carbocycles. The highest BCUT2D eigenvalue weighted by atomic mass is 16.6. The Bertz CT molecular complexity index is 854. The molecule has 7 nitrogen and oxygen atoms in total. The number of benzene rings is 1. The Morgan fingerprint density at radius 3 is 2.35 bits per heavy atom. The minimum atomic E-state index is -0.836. The van der Waals surface area contributed by atoms with Gasteiger partial charge in [-0.2, -0.15) is 0 Å². The lowest BCUT2D eigenvalue weighted by atomic mass is 9.93. The molecule has 1 aliphatic heterocycles. The topological polar surface area (TPSA) is 94.2 Å². The van der Waals surface area contributed by atoms with Gasteiger partial charge in [0.05, 0.1) is 13.7 Å². The number of carbonyl (C=O) groups excluding carboxylic acids is 3. The fourth-order valence-corrected chi connectivity index (χ4v) is 2.90. The molecular weight excluding hydrogens is 398 g/mol. The molecule has 0 radical (unpaired) electrons. The maximum Gasteiger partial charge on any atom is 0.330 e. The van der Waals surface area contributed by atoms with Gasteiger partial charge in [0.1, 0.15) is 11.6 Å². The van der Waals surface area contributed by atoms with E-state index in [9.17, 15) is 14.4 Å². The molecule has 1 aromatic rings. The molecule has 31 heavy (non-hydrogen) atoms. The van der Waals surface area contributed by atoms with Gasteiger partial charge in [0.25, 0.3) is 0 Å².